The van der Waals surface area contributed by atoms with E-state index in [0.29, 0.717) is 17.0 Å². The molecule has 19 heavy (non-hydrogen) atoms. The van der Waals surface area contributed by atoms with E-state index in [1.807, 2.05) is 6.92 Å². The normalized spacial score (nSPS) is 9.89. The Labute approximate surface area is 111 Å². The van der Waals surface area contributed by atoms with Crippen LogP contribution in [0.2, 0.25) is 0 Å². The molecule has 0 aliphatic heterocycles. The Morgan fingerprint density at radius 3 is 2.26 bits per heavy atom. The van der Waals surface area contributed by atoms with E-state index in [4.69, 9.17) is 14.2 Å². The minimum Gasteiger partial charge on any atom is -0.496 e. The van der Waals surface area contributed by atoms with E-state index >= 15 is 0 Å². The van der Waals surface area contributed by atoms with Crippen molar-refractivity contribution in [2.24, 2.45) is 0 Å². The lowest BCUT2D eigenvalue weighted by molar-refractivity contribution is -0.143. The Bertz CT molecular complexity index is 484. The van der Waals surface area contributed by atoms with Crippen molar-refractivity contribution in [2.75, 3.05) is 7.11 Å². The lowest BCUT2D eigenvalue weighted by Gasteiger charge is -2.14. The van der Waals surface area contributed by atoms with Gasteiger partial charge in [-0.1, -0.05) is 0 Å². The van der Waals surface area contributed by atoms with E-state index in [1.165, 1.54) is 21.0 Å². The Morgan fingerprint density at radius 1 is 1.16 bits per heavy atom. The summed E-state index contributed by atoms with van der Waals surface area (Å²) in [6, 6.07) is 0. The van der Waals surface area contributed by atoms with Gasteiger partial charge in [0.05, 0.1) is 18.4 Å². The summed E-state index contributed by atoms with van der Waals surface area (Å²) in [4.78, 5) is 25.8. The van der Waals surface area contributed by atoms with E-state index in [-0.39, 0.29) is 25.2 Å². The lowest BCUT2D eigenvalue weighted by Crippen LogP contribution is -2.07. The van der Waals surface area contributed by atoms with Crippen LogP contribution in [-0.2, 0) is 32.3 Å². The predicted molar refractivity (Wildman–Crippen MR) is 66.5 cm³/mol. The van der Waals surface area contributed by atoms with Gasteiger partial charge >= 0.3 is 11.9 Å². The van der Waals surface area contributed by atoms with Crippen LogP contribution in [0.4, 0.5) is 0 Å². The van der Waals surface area contributed by atoms with Gasteiger partial charge in [-0.15, -0.1) is 0 Å². The quantitative estimate of drug-likeness (QED) is 0.753. The molecule has 0 N–H and O–H groups in total. The highest BCUT2D eigenvalue weighted by Crippen LogP contribution is 2.26. The molecule has 0 aliphatic rings. The summed E-state index contributed by atoms with van der Waals surface area (Å²) in [5.74, 6) is -0.161. The number of esters is 2. The molecule has 0 aliphatic carbocycles. The summed E-state index contributed by atoms with van der Waals surface area (Å²) in [7, 11) is 1.52. The van der Waals surface area contributed by atoms with Crippen molar-refractivity contribution >= 4 is 11.9 Å². The topological polar surface area (TPSA) is 74.7 Å². The average molecular weight is 267 g/mol. The van der Waals surface area contributed by atoms with Crippen LogP contribution in [0.25, 0.3) is 0 Å². The second-order valence-corrected chi connectivity index (χ2v) is 3.95. The van der Waals surface area contributed by atoms with Crippen molar-refractivity contribution in [3.05, 3.63) is 23.0 Å². The molecule has 0 unspecified atom stereocenters. The smallest absolute Gasteiger partial charge is 0.303 e. The highest BCUT2D eigenvalue weighted by Gasteiger charge is 2.13. The van der Waals surface area contributed by atoms with Crippen LogP contribution in [0.15, 0.2) is 6.20 Å². The van der Waals surface area contributed by atoms with E-state index in [0.717, 1.165) is 5.56 Å². The molecule has 0 spiro atoms. The number of methoxy groups -OCH3 is 1. The van der Waals surface area contributed by atoms with Crippen molar-refractivity contribution in [1.82, 2.24) is 4.98 Å². The van der Waals surface area contributed by atoms with Crippen LogP contribution in [-0.4, -0.2) is 24.0 Å². The minimum absolute atomic E-state index is 0.0887. The molecule has 104 valence electrons. The molecule has 1 aromatic heterocycles. The molecule has 0 radical (unpaired) electrons. The van der Waals surface area contributed by atoms with Crippen LogP contribution < -0.4 is 4.74 Å². The highest BCUT2D eigenvalue weighted by atomic mass is 16.5. The number of aromatic nitrogens is 1. The van der Waals surface area contributed by atoms with E-state index in [1.54, 1.807) is 6.20 Å². The standard InChI is InChI=1S/C13H17NO5/c1-8-12(7-19-10(3)16)14-5-11(13(8)17-4)6-18-9(2)15/h5H,6-7H2,1-4H3. The number of ether oxygens (including phenoxy) is 3. The molecule has 0 saturated carbocycles. The first-order valence-electron chi connectivity index (χ1n) is 5.73. The number of hydrogen-bond donors (Lipinski definition) is 0. The maximum atomic E-state index is 10.8. The fourth-order valence-corrected chi connectivity index (χ4v) is 1.57. The number of hydrogen-bond acceptors (Lipinski definition) is 6. The Hall–Kier alpha value is -2.11. The van der Waals surface area contributed by atoms with Gasteiger partial charge in [-0.2, -0.15) is 0 Å². The SMILES string of the molecule is COc1c(COC(C)=O)cnc(COC(C)=O)c1C. The van der Waals surface area contributed by atoms with Crippen LogP contribution in [0.3, 0.4) is 0 Å². The van der Waals surface area contributed by atoms with Crippen LogP contribution in [0.5, 0.6) is 5.75 Å². The van der Waals surface area contributed by atoms with Crippen molar-refractivity contribution in [1.29, 1.82) is 0 Å². The zero-order chi connectivity index (χ0) is 14.4. The van der Waals surface area contributed by atoms with Gasteiger partial charge in [-0.25, -0.2) is 0 Å². The van der Waals surface area contributed by atoms with Gasteiger partial charge in [0.25, 0.3) is 0 Å². The van der Waals surface area contributed by atoms with Gasteiger partial charge in [0.1, 0.15) is 19.0 Å². The summed E-state index contributed by atoms with van der Waals surface area (Å²) in [6.45, 7) is 4.66. The third kappa shape index (κ3) is 4.24. The molecular weight excluding hydrogens is 250 g/mol. The van der Waals surface area contributed by atoms with Gasteiger partial charge in [-0.05, 0) is 6.92 Å². The summed E-state index contributed by atoms with van der Waals surface area (Å²) >= 11 is 0. The first-order valence-corrected chi connectivity index (χ1v) is 5.73. The zero-order valence-corrected chi connectivity index (χ0v) is 11.5. The van der Waals surface area contributed by atoms with Gasteiger partial charge in [0.2, 0.25) is 0 Å². The zero-order valence-electron chi connectivity index (χ0n) is 11.5. The fraction of sp³-hybridized carbons (Fsp3) is 0.462. The van der Waals surface area contributed by atoms with Gasteiger partial charge in [0, 0.05) is 25.6 Å². The van der Waals surface area contributed by atoms with Crippen molar-refractivity contribution in [3.63, 3.8) is 0 Å². The second kappa shape index (κ2) is 6.72. The highest BCUT2D eigenvalue weighted by molar-refractivity contribution is 5.66. The van der Waals surface area contributed by atoms with E-state index < -0.39 is 0 Å². The van der Waals surface area contributed by atoms with Gasteiger partial charge < -0.3 is 14.2 Å². The summed E-state index contributed by atoms with van der Waals surface area (Å²) in [6.07, 6.45) is 1.55. The Morgan fingerprint density at radius 2 is 1.74 bits per heavy atom. The van der Waals surface area contributed by atoms with Crippen LogP contribution in [0, 0.1) is 6.92 Å². The van der Waals surface area contributed by atoms with Gasteiger partial charge in [0.15, 0.2) is 0 Å². The number of rotatable bonds is 5. The third-order valence-corrected chi connectivity index (χ3v) is 2.49. The molecule has 1 heterocycles. The molecule has 0 amide bonds. The average Bonchev–Trinajstić information content (AvgIpc) is 2.34. The van der Waals surface area contributed by atoms with Crippen molar-refractivity contribution in [2.45, 2.75) is 34.0 Å². The minimum atomic E-state index is -0.372. The molecule has 0 fully saturated rings. The summed E-state index contributed by atoms with van der Waals surface area (Å²) in [5.41, 5.74) is 2.04. The monoisotopic (exact) mass is 267 g/mol. The van der Waals surface area contributed by atoms with Crippen LogP contribution in [0.1, 0.15) is 30.7 Å². The second-order valence-electron chi connectivity index (χ2n) is 3.95. The molecule has 6 nitrogen and oxygen atoms in total. The van der Waals surface area contributed by atoms with Gasteiger partial charge in [-0.3, -0.25) is 14.6 Å². The van der Waals surface area contributed by atoms with Crippen molar-refractivity contribution < 1.29 is 23.8 Å². The molecule has 0 aromatic carbocycles. The Balaban J connectivity index is 2.94. The number of carbonyl (C=O) groups is 2. The first kappa shape index (κ1) is 14.9. The Kier molecular flexibility index (Phi) is 5.29. The molecule has 1 aromatic rings. The molecular formula is C13H17NO5. The first-order chi connectivity index (χ1) is 8.95. The molecule has 0 saturated heterocycles. The fourth-order valence-electron chi connectivity index (χ4n) is 1.57. The molecule has 1 rings (SSSR count). The lowest BCUT2D eigenvalue weighted by atomic mass is 10.1. The number of nitrogens with zero attached hydrogens (tertiary/aromatic N) is 1. The molecule has 0 bridgehead atoms. The maximum absolute atomic E-state index is 10.8. The molecule has 0 atom stereocenters. The van der Waals surface area contributed by atoms with Crippen molar-refractivity contribution in [3.8, 4) is 5.75 Å². The summed E-state index contributed by atoms with van der Waals surface area (Å²) in [5, 5.41) is 0. The third-order valence-electron chi connectivity index (χ3n) is 2.49. The largest absolute Gasteiger partial charge is 0.496 e. The molecule has 6 heteroatoms. The predicted octanol–water partition coefficient (Wildman–Crippen LogP) is 1.52. The maximum Gasteiger partial charge on any atom is 0.303 e. The van der Waals surface area contributed by atoms with Crippen LogP contribution >= 0.6 is 0 Å². The van der Waals surface area contributed by atoms with E-state index in [9.17, 15) is 9.59 Å². The number of carbonyl (C=O) groups excluding carboxylic acids is 2. The number of pyridine rings is 1. The van der Waals surface area contributed by atoms with E-state index in [2.05, 4.69) is 4.98 Å². The summed E-state index contributed by atoms with van der Waals surface area (Å²) < 4.78 is 15.1.